The molecule has 0 radical (unpaired) electrons. The molecule has 0 saturated carbocycles. The van der Waals surface area contributed by atoms with Crippen LogP contribution in [0.25, 0.3) is 0 Å². The van der Waals surface area contributed by atoms with E-state index in [0.717, 1.165) is 19.5 Å². The zero-order valence-electron chi connectivity index (χ0n) is 11.3. The number of hydrogen-bond donors (Lipinski definition) is 2. The molecule has 1 rings (SSSR count). The van der Waals surface area contributed by atoms with E-state index in [9.17, 15) is 4.79 Å². The van der Waals surface area contributed by atoms with Crippen LogP contribution in [0.3, 0.4) is 0 Å². The third kappa shape index (κ3) is 6.32. The Balaban J connectivity index is 2.12. The minimum atomic E-state index is 0.138. The summed E-state index contributed by atoms with van der Waals surface area (Å²) in [6.45, 7) is 6.18. The fraction of sp³-hybridized carbons (Fsp3) is 0.923. The molecule has 1 aliphatic rings. The van der Waals surface area contributed by atoms with Gasteiger partial charge >= 0.3 is 0 Å². The fourth-order valence-corrected chi connectivity index (χ4v) is 2.16. The third-order valence-corrected chi connectivity index (χ3v) is 4.65. The van der Waals surface area contributed by atoms with Crippen LogP contribution in [0.2, 0.25) is 0 Å². The molecule has 4 heteroatoms. The van der Waals surface area contributed by atoms with Crippen LogP contribution in [0.1, 0.15) is 46.0 Å². The molecule has 0 aromatic rings. The minimum absolute atomic E-state index is 0.138. The predicted octanol–water partition coefficient (Wildman–Crippen LogP) is 2.17. The van der Waals surface area contributed by atoms with Gasteiger partial charge in [0.1, 0.15) is 0 Å². The van der Waals surface area contributed by atoms with Crippen LogP contribution in [0, 0.1) is 0 Å². The van der Waals surface area contributed by atoms with Crippen LogP contribution in [0.15, 0.2) is 0 Å². The summed E-state index contributed by atoms with van der Waals surface area (Å²) in [4.78, 5) is 11.7. The van der Waals surface area contributed by atoms with Crippen molar-refractivity contribution in [3.63, 3.8) is 0 Å². The molecule has 1 amide bonds. The zero-order valence-corrected chi connectivity index (χ0v) is 12.2. The van der Waals surface area contributed by atoms with Gasteiger partial charge in [-0.25, -0.2) is 0 Å². The van der Waals surface area contributed by atoms with E-state index in [2.05, 4.69) is 30.7 Å². The van der Waals surface area contributed by atoms with Crippen LogP contribution in [-0.4, -0.2) is 36.0 Å². The lowest BCUT2D eigenvalue weighted by Crippen LogP contribution is -2.38. The number of piperidine rings is 1. The molecule has 1 aliphatic heterocycles. The van der Waals surface area contributed by atoms with Crippen molar-refractivity contribution < 1.29 is 4.79 Å². The highest BCUT2D eigenvalue weighted by molar-refractivity contribution is 7.99. The number of hydrogen-bond acceptors (Lipinski definition) is 3. The number of carbonyl (C=O) groups excluding carboxylic acids is 1. The highest BCUT2D eigenvalue weighted by atomic mass is 32.2. The van der Waals surface area contributed by atoms with Gasteiger partial charge in [-0.05, 0) is 45.9 Å². The van der Waals surface area contributed by atoms with Crippen LogP contribution >= 0.6 is 11.8 Å². The summed E-state index contributed by atoms with van der Waals surface area (Å²) in [5.41, 5.74) is 0. The molecule has 0 spiro atoms. The summed E-state index contributed by atoms with van der Waals surface area (Å²) >= 11 is 1.79. The molecular weight excluding hydrogens is 232 g/mol. The van der Waals surface area contributed by atoms with Crippen molar-refractivity contribution in [1.29, 1.82) is 0 Å². The average molecular weight is 258 g/mol. The minimum Gasteiger partial charge on any atom is -0.355 e. The van der Waals surface area contributed by atoms with Crippen LogP contribution in [-0.2, 0) is 4.79 Å². The molecule has 100 valence electrons. The summed E-state index contributed by atoms with van der Waals surface area (Å²) in [5, 5.41) is 6.50. The molecule has 17 heavy (non-hydrogen) atoms. The number of amides is 1. The Labute approximate surface area is 109 Å². The second-order valence-corrected chi connectivity index (χ2v) is 6.94. The third-order valence-electron chi connectivity index (χ3n) is 3.40. The molecule has 0 aromatic heterocycles. The van der Waals surface area contributed by atoms with Gasteiger partial charge in [0.25, 0.3) is 0 Å². The molecule has 1 unspecified atom stereocenters. The van der Waals surface area contributed by atoms with Crippen molar-refractivity contribution in [2.75, 3.05) is 19.3 Å². The van der Waals surface area contributed by atoms with Crippen molar-refractivity contribution in [3.05, 3.63) is 0 Å². The van der Waals surface area contributed by atoms with E-state index in [1.54, 1.807) is 11.8 Å². The van der Waals surface area contributed by atoms with E-state index in [4.69, 9.17) is 0 Å². The van der Waals surface area contributed by atoms with E-state index < -0.39 is 0 Å². The first-order valence-electron chi connectivity index (χ1n) is 6.59. The SMILES string of the molecule is CSC(C)(C)CNC(=O)CCC1CCCCN1. The molecule has 1 atom stereocenters. The zero-order chi connectivity index (χ0) is 12.7. The maximum atomic E-state index is 11.7. The number of carbonyl (C=O) groups is 1. The maximum absolute atomic E-state index is 11.7. The Kier molecular flexibility index (Phi) is 6.34. The Morgan fingerprint density at radius 3 is 2.82 bits per heavy atom. The van der Waals surface area contributed by atoms with Crippen LogP contribution in [0.4, 0.5) is 0 Å². The lowest BCUT2D eigenvalue weighted by atomic mass is 10.0. The number of rotatable bonds is 6. The smallest absolute Gasteiger partial charge is 0.220 e. The first kappa shape index (κ1) is 14.8. The summed E-state index contributed by atoms with van der Waals surface area (Å²) < 4.78 is 0.138. The van der Waals surface area contributed by atoms with Crippen molar-refractivity contribution in [3.8, 4) is 0 Å². The van der Waals surface area contributed by atoms with Crippen molar-refractivity contribution in [1.82, 2.24) is 10.6 Å². The van der Waals surface area contributed by atoms with Gasteiger partial charge in [0.2, 0.25) is 5.91 Å². The van der Waals surface area contributed by atoms with E-state index in [0.29, 0.717) is 12.5 Å². The molecular formula is C13H26N2OS. The summed E-state index contributed by atoms with van der Waals surface area (Å²) in [5.74, 6) is 0.194. The highest BCUT2D eigenvalue weighted by Crippen LogP contribution is 2.19. The summed E-state index contributed by atoms with van der Waals surface area (Å²) in [7, 11) is 0. The molecule has 0 aliphatic carbocycles. The predicted molar refractivity (Wildman–Crippen MR) is 75.5 cm³/mol. The molecule has 0 aromatic carbocycles. The Morgan fingerprint density at radius 2 is 2.24 bits per heavy atom. The first-order chi connectivity index (χ1) is 8.03. The average Bonchev–Trinajstić information content (AvgIpc) is 2.35. The largest absolute Gasteiger partial charge is 0.355 e. The van der Waals surface area contributed by atoms with Gasteiger partial charge in [-0.3, -0.25) is 4.79 Å². The molecule has 0 bridgehead atoms. The van der Waals surface area contributed by atoms with Gasteiger partial charge < -0.3 is 10.6 Å². The molecule has 1 saturated heterocycles. The Morgan fingerprint density at radius 1 is 1.47 bits per heavy atom. The maximum Gasteiger partial charge on any atom is 0.220 e. The van der Waals surface area contributed by atoms with Gasteiger partial charge in [0, 0.05) is 23.8 Å². The fourth-order valence-electron chi connectivity index (χ4n) is 1.95. The molecule has 3 nitrogen and oxygen atoms in total. The van der Waals surface area contributed by atoms with Gasteiger partial charge in [0.15, 0.2) is 0 Å². The normalized spacial score (nSPS) is 21.2. The molecule has 1 heterocycles. The second kappa shape index (κ2) is 7.27. The Bertz CT molecular complexity index is 238. The lowest BCUT2D eigenvalue weighted by Gasteiger charge is -2.24. The second-order valence-electron chi connectivity index (χ2n) is 5.43. The van der Waals surface area contributed by atoms with Crippen LogP contribution < -0.4 is 10.6 Å². The van der Waals surface area contributed by atoms with Gasteiger partial charge in [0.05, 0.1) is 0 Å². The number of nitrogens with one attached hydrogen (secondary N) is 2. The van der Waals surface area contributed by atoms with E-state index >= 15 is 0 Å². The monoisotopic (exact) mass is 258 g/mol. The van der Waals surface area contributed by atoms with E-state index in [1.165, 1.54) is 19.3 Å². The Hall–Kier alpha value is -0.220. The summed E-state index contributed by atoms with van der Waals surface area (Å²) in [6.07, 6.45) is 7.53. The lowest BCUT2D eigenvalue weighted by molar-refractivity contribution is -0.121. The van der Waals surface area contributed by atoms with Gasteiger partial charge in [-0.15, -0.1) is 0 Å². The van der Waals surface area contributed by atoms with E-state index in [1.807, 2.05) is 0 Å². The van der Waals surface area contributed by atoms with Crippen LogP contribution in [0.5, 0.6) is 0 Å². The van der Waals surface area contributed by atoms with Crippen molar-refractivity contribution in [2.24, 2.45) is 0 Å². The quantitative estimate of drug-likeness (QED) is 0.767. The standard InChI is InChI=1S/C13H26N2OS/c1-13(2,17-3)10-15-12(16)8-7-11-6-4-5-9-14-11/h11,14H,4-10H2,1-3H3,(H,15,16). The van der Waals surface area contributed by atoms with Gasteiger partial charge in [-0.2, -0.15) is 11.8 Å². The van der Waals surface area contributed by atoms with Crippen molar-refractivity contribution >= 4 is 17.7 Å². The van der Waals surface area contributed by atoms with Gasteiger partial charge in [-0.1, -0.05) is 6.42 Å². The topological polar surface area (TPSA) is 41.1 Å². The summed E-state index contributed by atoms with van der Waals surface area (Å²) in [6, 6.07) is 0.558. The highest BCUT2D eigenvalue weighted by Gasteiger charge is 2.18. The molecule has 1 fully saturated rings. The van der Waals surface area contributed by atoms with Crippen molar-refractivity contribution in [2.45, 2.75) is 56.7 Å². The first-order valence-corrected chi connectivity index (χ1v) is 7.81. The molecule has 2 N–H and O–H groups in total. The van der Waals surface area contributed by atoms with E-state index in [-0.39, 0.29) is 10.7 Å². The number of thioether (sulfide) groups is 1.